The quantitative estimate of drug-likeness (QED) is 0.802. The van der Waals surface area contributed by atoms with Crippen molar-refractivity contribution in [2.45, 2.75) is 70.8 Å². The van der Waals surface area contributed by atoms with E-state index in [1.165, 1.54) is 19.3 Å². The summed E-state index contributed by atoms with van der Waals surface area (Å²) < 4.78 is 0. The molecular formula is C25H33N3O2. The predicted octanol–water partition coefficient (Wildman–Crippen LogP) is 4.66. The van der Waals surface area contributed by atoms with Gasteiger partial charge in [0.1, 0.15) is 0 Å². The molecule has 2 amide bonds. The molecule has 0 radical (unpaired) electrons. The van der Waals surface area contributed by atoms with Crippen LogP contribution in [-0.4, -0.2) is 40.8 Å². The van der Waals surface area contributed by atoms with E-state index in [1.54, 1.807) is 0 Å². The van der Waals surface area contributed by atoms with E-state index in [2.05, 4.69) is 19.2 Å². The Morgan fingerprint density at radius 1 is 1.03 bits per heavy atom. The summed E-state index contributed by atoms with van der Waals surface area (Å²) >= 11 is 0. The zero-order valence-corrected chi connectivity index (χ0v) is 18.2. The van der Waals surface area contributed by atoms with Crippen molar-refractivity contribution in [2.75, 3.05) is 13.1 Å². The first-order valence-electron chi connectivity index (χ1n) is 11.5. The van der Waals surface area contributed by atoms with Gasteiger partial charge in [0.2, 0.25) is 5.91 Å². The van der Waals surface area contributed by atoms with Gasteiger partial charge in [-0.1, -0.05) is 51.3 Å². The number of hydrogen-bond donors (Lipinski definition) is 1. The summed E-state index contributed by atoms with van der Waals surface area (Å²) in [6, 6.07) is 10.0. The van der Waals surface area contributed by atoms with Gasteiger partial charge in [-0.15, -0.1) is 0 Å². The fourth-order valence-electron chi connectivity index (χ4n) is 4.75. The Morgan fingerprint density at radius 3 is 2.43 bits per heavy atom. The van der Waals surface area contributed by atoms with Crippen molar-refractivity contribution in [3.63, 3.8) is 0 Å². The topological polar surface area (TPSA) is 62.3 Å². The van der Waals surface area contributed by atoms with E-state index in [-0.39, 0.29) is 29.7 Å². The molecule has 1 aliphatic heterocycles. The van der Waals surface area contributed by atoms with E-state index < -0.39 is 0 Å². The first-order chi connectivity index (χ1) is 14.5. The molecule has 0 unspecified atom stereocenters. The Morgan fingerprint density at radius 2 is 1.73 bits per heavy atom. The molecular weight excluding hydrogens is 374 g/mol. The third kappa shape index (κ3) is 4.50. The van der Waals surface area contributed by atoms with E-state index in [9.17, 15) is 9.59 Å². The van der Waals surface area contributed by atoms with Crippen LogP contribution in [0, 0.1) is 5.92 Å². The van der Waals surface area contributed by atoms with Crippen molar-refractivity contribution in [3.05, 3.63) is 41.6 Å². The Labute approximate surface area is 179 Å². The molecule has 160 valence electrons. The Kier molecular flexibility index (Phi) is 6.35. The van der Waals surface area contributed by atoms with Crippen molar-refractivity contribution >= 4 is 22.7 Å². The van der Waals surface area contributed by atoms with Gasteiger partial charge in [-0.25, -0.2) is 0 Å². The van der Waals surface area contributed by atoms with Crippen molar-refractivity contribution in [1.29, 1.82) is 0 Å². The number of hydrogen-bond acceptors (Lipinski definition) is 3. The van der Waals surface area contributed by atoms with Crippen LogP contribution in [0.15, 0.2) is 30.3 Å². The zero-order valence-electron chi connectivity index (χ0n) is 18.2. The number of carbonyl (C=O) groups is 2. The van der Waals surface area contributed by atoms with Crippen LogP contribution < -0.4 is 5.32 Å². The molecule has 1 saturated carbocycles. The minimum Gasteiger partial charge on any atom is -0.353 e. The maximum absolute atomic E-state index is 13.4. The minimum absolute atomic E-state index is 0.0764. The Hall–Kier alpha value is -2.43. The molecule has 2 fully saturated rings. The third-order valence-electron chi connectivity index (χ3n) is 6.66. The van der Waals surface area contributed by atoms with E-state index in [4.69, 9.17) is 4.98 Å². The summed E-state index contributed by atoms with van der Waals surface area (Å²) in [7, 11) is 0. The molecule has 5 nitrogen and oxygen atoms in total. The Balaban J connectivity index is 1.42. The molecule has 1 N–H and O–H groups in total. The van der Waals surface area contributed by atoms with Crippen molar-refractivity contribution < 1.29 is 9.59 Å². The van der Waals surface area contributed by atoms with Crippen molar-refractivity contribution in [1.82, 2.24) is 15.2 Å². The van der Waals surface area contributed by atoms with Crippen LogP contribution in [0.2, 0.25) is 0 Å². The monoisotopic (exact) mass is 407 g/mol. The summed E-state index contributed by atoms with van der Waals surface area (Å²) in [5, 5.41) is 4.17. The second kappa shape index (κ2) is 9.15. The maximum Gasteiger partial charge on any atom is 0.254 e. The largest absolute Gasteiger partial charge is 0.353 e. The first-order valence-corrected chi connectivity index (χ1v) is 11.5. The predicted molar refractivity (Wildman–Crippen MR) is 119 cm³/mol. The lowest BCUT2D eigenvalue weighted by molar-refractivity contribution is -0.126. The van der Waals surface area contributed by atoms with Crippen molar-refractivity contribution in [3.8, 4) is 0 Å². The number of fused-ring (bicyclic) bond motifs is 1. The summed E-state index contributed by atoms with van der Waals surface area (Å²) in [5.41, 5.74) is 2.57. The number of piperidine rings is 1. The van der Waals surface area contributed by atoms with Gasteiger partial charge in [-0.3, -0.25) is 14.6 Å². The van der Waals surface area contributed by atoms with E-state index in [0.29, 0.717) is 13.1 Å². The number of aromatic nitrogens is 1. The van der Waals surface area contributed by atoms with Gasteiger partial charge in [0.15, 0.2) is 0 Å². The smallest absolute Gasteiger partial charge is 0.254 e. The number of pyridine rings is 1. The number of nitrogens with one attached hydrogen (secondary N) is 1. The number of benzene rings is 1. The van der Waals surface area contributed by atoms with Crippen molar-refractivity contribution in [2.24, 2.45) is 5.92 Å². The lowest BCUT2D eigenvalue weighted by Crippen LogP contribution is -2.48. The van der Waals surface area contributed by atoms with Gasteiger partial charge in [0, 0.05) is 36.1 Å². The average molecular weight is 408 g/mol. The summed E-state index contributed by atoms with van der Waals surface area (Å²) in [6.07, 6.45) is 7.29. The number of amides is 2. The lowest BCUT2D eigenvalue weighted by atomic mass is 9.88. The highest BCUT2D eigenvalue weighted by Crippen LogP contribution is 2.26. The summed E-state index contributed by atoms with van der Waals surface area (Å²) in [6.45, 7) is 5.57. The van der Waals surface area contributed by atoms with Crippen LogP contribution in [0.3, 0.4) is 0 Å². The highest BCUT2D eigenvalue weighted by molar-refractivity contribution is 6.06. The third-order valence-corrected chi connectivity index (χ3v) is 6.66. The van der Waals surface area contributed by atoms with Crippen LogP contribution in [-0.2, 0) is 4.79 Å². The van der Waals surface area contributed by atoms with Gasteiger partial charge >= 0.3 is 0 Å². The second-order valence-corrected chi connectivity index (χ2v) is 9.18. The van der Waals surface area contributed by atoms with Crippen LogP contribution >= 0.6 is 0 Å². The number of para-hydroxylation sites is 1. The molecule has 5 heteroatoms. The Bertz CT molecular complexity index is 910. The first kappa shape index (κ1) is 20.8. The molecule has 1 aromatic carbocycles. The minimum atomic E-state index is 0.0764. The highest BCUT2D eigenvalue weighted by atomic mass is 16.2. The van der Waals surface area contributed by atoms with Crippen LogP contribution in [0.1, 0.15) is 80.8 Å². The molecule has 2 heterocycles. The number of rotatable bonds is 4. The van der Waals surface area contributed by atoms with E-state index >= 15 is 0 Å². The highest BCUT2D eigenvalue weighted by Gasteiger charge is 2.28. The normalized spacial score (nSPS) is 18.7. The number of likely N-dealkylation sites (tertiary alicyclic amines) is 1. The molecule has 2 aliphatic rings. The lowest BCUT2D eigenvalue weighted by Gasteiger charge is -2.34. The molecule has 30 heavy (non-hydrogen) atoms. The SMILES string of the molecule is CC(C)c1cc(C(=O)N2CCC(NC(=O)C3CCCCC3)CC2)c2ccccc2n1. The molecule has 1 aromatic heterocycles. The van der Waals surface area contributed by atoms with Gasteiger partial charge in [-0.05, 0) is 43.7 Å². The molecule has 0 bridgehead atoms. The number of carbonyl (C=O) groups excluding carboxylic acids is 2. The standard InChI is InChI=1S/C25H33N3O2/c1-17(2)23-16-21(20-10-6-7-11-22(20)27-23)25(30)28-14-12-19(13-15-28)26-24(29)18-8-4-3-5-9-18/h6-7,10-11,16-19H,3-5,8-9,12-15H2,1-2H3,(H,26,29). The van der Waals surface area contributed by atoms with E-state index in [1.807, 2.05) is 35.2 Å². The zero-order chi connectivity index (χ0) is 21.1. The number of nitrogens with zero attached hydrogens (tertiary/aromatic N) is 2. The summed E-state index contributed by atoms with van der Waals surface area (Å²) in [5.74, 6) is 0.756. The van der Waals surface area contributed by atoms with Crippen LogP contribution in [0.25, 0.3) is 10.9 Å². The van der Waals surface area contributed by atoms with Gasteiger partial charge in [0.05, 0.1) is 11.1 Å². The van der Waals surface area contributed by atoms with Gasteiger partial charge in [0.25, 0.3) is 5.91 Å². The van der Waals surface area contributed by atoms with Crippen LogP contribution in [0.5, 0.6) is 0 Å². The maximum atomic E-state index is 13.4. The van der Waals surface area contributed by atoms with Gasteiger partial charge in [-0.2, -0.15) is 0 Å². The molecule has 1 aliphatic carbocycles. The summed E-state index contributed by atoms with van der Waals surface area (Å²) in [4.78, 5) is 32.6. The molecule has 1 saturated heterocycles. The van der Waals surface area contributed by atoms with E-state index in [0.717, 1.165) is 47.8 Å². The molecule has 2 aromatic rings. The molecule has 4 rings (SSSR count). The van der Waals surface area contributed by atoms with Crippen LogP contribution in [0.4, 0.5) is 0 Å². The molecule has 0 spiro atoms. The average Bonchev–Trinajstić information content (AvgIpc) is 2.79. The second-order valence-electron chi connectivity index (χ2n) is 9.18. The van der Waals surface area contributed by atoms with Gasteiger partial charge < -0.3 is 10.2 Å². The molecule has 0 atom stereocenters. The fourth-order valence-corrected chi connectivity index (χ4v) is 4.75. The fraction of sp³-hybridized carbons (Fsp3) is 0.560.